The normalized spacial score (nSPS) is 11.1. The van der Waals surface area contributed by atoms with E-state index in [4.69, 9.17) is 0 Å². The Bertz CT molecular complexity index is 1500. The Morgan fingerprint density at radius 1 is 0.579 bits per heavy atom. The number of benzene rings is 5. The van der Waals surface area contributed by atoms with Crippen molar-refractivity contribution in [2.24, 2.45) is 0 Å². The van der Waals surface area contributed by atoms with Crippen molar-refractivity contribution in [1.29, 1.82) is 0 Å². The van der Waals surface area contributed by atoms with Gasteiger partial charge in [-0.05, 0) is 28.4 Å². The fourth-order valence-electron chi connectivity index (χ4n) is 4.91. The summed E-state index contributed by atoms with van der Waals surface area (Å²) in [5.41, 5.74) is 1.50. The highest BCUT2D eigenvalue weighted by Gasteiger charge is 2.33. The lowest BCUT2D eigenvalue weighted by molar-refractivity contribution is -0.384. The maximum absolute atomic E-state index is 14.6. The average molecular weight is 516 g/mol. The van der Waals surface area contributed by atoms with Crippen LogP contribution < -0.4 is 15.9 Å². The number of non-ortho nitro benzene ring substituents is 1. The Labute approximate surface area is 222 Å². The van der Waals surface area contributed by atoms with Crippen molar-refractivity contribution in [2.75, 3.05) is 0 Å². The zero-order valence-corrected chi connectivity index (χ0v) is 21.6. The van der Waals surface area contributed by atoms with Gasteiger partial charge < -0.3 is 0 Å². The first-order valence-electron chi connectivity index (χ1n) is 12.4. The van der Waals surface area contributed by atoms with Crippen LogP contribution in [-0.2, 0) is 6.42 Å². The third-order valence-electron chi connectivity index (χ3n) is 6.65. The topological polar surface area (TPSA) is 60.2 Å². The molecule has 0 atom stereocenters. The molecule has 0 unspecified atom stereocenters. The molecule has 0 amide bonds. The first-order chi connectivity index (χ1) is 18.6. The summed E-state index contributed by atoms with van der Waals surface area (Å²) >= 11 is 0. The maximum Gasteiger partial charge on any atom is 0.269 e. The average Bonchev–Trinajstić information content (AvgIpc) is 2.99. The van der Waals surface area contributed by atoms with Crippen LogP contribution in [0.2, 0.25) is 0 Å². The van der Waals surface area contributed by atoms with Gasteiger partial charge in [0.05, 0.1) is 4.92 Å². The lowest BCUT2D eigenvalue weighted by Gasteiger charge is -2.32. The van der Waals surface area contributed by atoms with Crippen LogP contribution in [0.4, 0.5) is 5.69 Å². The van der Waals surface area contributed by atoms with E-state index in [1.165, 1.54) is 12.1 Å². The maximum atomic E-state index is 14.6. The van der Waals surface area contributed by atoms with Gasteiger partial charge in [0.1, 0.15) is 0 Å². The Balaban J connectivity index is 1.92. The molecule has 0 fully saturated rings. The van der Waals surface area contributed by atoms with E-state index in [0.29, 0.717) is 12.0 Å². The van der Waals surface area contributed by atoms with E-state index in [0.717, 1.165) is 26.8 Å². The third-order valence-corrected chi connectivity index (χ3v) is 11.0. The van der Waals surface area contributed by atoms with Gasteiger partial charge in [-0.1, -0.05) is 133 Å². The SMILES string of the molecule is O=C(C(Cc1ccc([N+](=O)[O-])cc1)=P(c1ccccc1)(c1ccccc1)c1ccccc1)c1ccccc1. The summed E-state index contributed by atoms with van der Waals surface area (Å²) < 4.78 is 0. The van der Waals surface area contributed by atoms with Crippen molar-refractivity contribution < 1.29 is 9.72 Å². The third kappa shape index (κ3) is 4.87. The van der Waals surface area contributed by atoms with E-state index < -0.39 is 11.8 Å². The van der Waals surface area contributed by atoms with Gasteiger partial charge in [0, 0.05) is 29.4 Å². The summed E-state index contributed by atoms with van der Waals surface area (Å²) in [4.78, 5) is 25.5. The Kier molecular flexibility index (Phi) is 7.44. The molecule has 5 aromatic rings. The van der Waals surface area contributed by atoms with Crippen molar-refractivity contribution >= 4 is 39.6 Å². The number of hydrogen-bond acceptors (Lipinski definition) is 3. The first-order valence-corrected chi connectivity index (χ1v) is 14.1. The Hall–Kier alpha value is -4.53. The molecule has 5 rings (SSSR count). The summed E-state index contributed by atoms with van der Waals surface area (Å²) in [5.74, 6) is -0.0196. The largest absolute Gasteiger partial charge is 0.289 e. The van der Waals surface area contributed by atoms with Gasteiger partial charge in [0.25, 0.3) is 5.69 Å². The van der Waals surface area contributed by atoms with Gasteiger partial charge in [-0.25, -0.2) is 0 Å². The number of nitrogens with zero attached hydrogens (tertiary/aromatic N) is 1. The summed E-state index contributed by atoms with van der Waals surface area (Å²) in [5, 5.41) is 15.3. The van der Waals surface area contributed by atoms with Crippen LogP contribution >= 0.6 is 6.89 Å². The van der Waals surface area contributed by atoms with Gasteiger partial charge >= 0.3 is 0 Å². The fourth-order valence-corrected chi connectivity index (χ4v) is 9.45. The van der Waals surface area contributed by atoms with Crippen LogP contribution in [0, 0.1) is 10.1 Å². The smallest absolute Gasteiger partial charge is 0.269 e. The van der Waals surface area contributed by atoms with Gasteiger partial charge in [-0.15, -0.1) is 0 Å². The number of rotatable bonds is 8. The minimum Gasteiger partial charge on any atom is -0.289 e. The van der Waals surface area contributed by atoms with Crippen molar-refractivity contribution in [3.05, 3.63) is 167 Å². The van der Waals surface area contributed by atoms with E-state index >= 15 is 0 Å². The number of Topliss-reactive ketones (excluding diaryl/α,β-unsaturated/α-hetero) is 1. The molecule has 38 heavy (non-hydrogen) atoms. The zero-order valence-electron chi connectivity index (χ0n) is 20.7. The van der Waals surface area contributed by atoms with Gasteiger partial charge in [-0.2, -0.15) is 0 Å². The predicted octanol–water partition coefficient (Wildman–Crippen LogP) is 6.19. The Morgan fingerprint density at radius 3 is 1.37 bits per heavy atom. The molecule has 5 heteroatoms. The van der Waals surface area contributed by atoms with Crippen LogP contribution in [0.3, 0.4) is 0 Å². The van der Waals surface area contributed by atoms with Gasteiger partial charge in [0.2, 0.25) is 0 Å². The van der Waals surface area contributed by atoms with E-state index in [1.54, 1.807) is 12.1 Å². The number of nitro groups is 1. The molecule has 0 saturated heterocycles. The molecule has 4 nitrogen and oxygen atoms in total. The zero-order chi connectivity index (χ0) is 26.4. The fraction of sp³-hybridized carbons (Fsp3) is 0.0303. The molecule has 0 aliphatic rings. The number of hydrogen-bond donors (Lipinski definition) is 0. The molecule has 0 aliphatic carbocycles. The highest BCUT2D eigenvalue weighted by Crippen LogP contribution is 2.47. The highest BCUT2D eigenvalue weighted by atomic mass is 31.2. The number of nitro benzene ring substituents is 1. The second-order valence-electron chi connectivity index (χ2n) is 8.92. The van der Waals surface area contributed by atoms with Crippen molar-refractivity contribution in [1.82, 2.24) is 0 Å². The standard InChI is InChI=1S/C33H26NO3P/c35-33(27-13-5-1-6-14-27)32(25-26-21-23-28(24-22-26)34(36)37)38(29-15-7-2-8-16-29,30-17-9-3-10-18-30)31-19-11-4-12-20-31/h1-24H,25H2. The monoisotopic (exact) mass is 515 g/mol. The van der Waals surface area contributed by atoms with E-state index in [-0.39, 0.29) is 11.5 Å². The molecule has 186 valence electrons. The molecule has 0 bridgehead atoms. The molecular weight excluding hydrogens is 489 g/mol. The second kappa shape index (κ2) is 11.2. The van der Waals surface area contributed by atoms with Crippen molar-refractivity contribution in [3.63, 3.8) is 0 Å². The van der Waals surface area contributed by atoms with Crippen LogP contribution in [0.15, 0.2) is 146 Å². The summed E-state index contributed by atoms with van der Waals surface area (Å²) in [7, 11) is 0. The molecule has 0 spiro atoms. The molecule has 0 aromatic heterocycles. The first kappa shape index (κ1) is 25.1. The number of carbonyl (C=O) groups is 1. The lowest BCUT2D eigenvalue weighted by Crippen LogP contribution is -2.34. The van der Waals surface area contributed by atoms with Crippen LogP contribution in [-0.4, -0.2) is 16.0 Å². The van der Waals surface area contributed by atoms with E-state index in [1.807, 2.05) is 84.9 Å². The summed E-state index contributed by atoms with van der Waals surface area (Å²) in [6.07, 6.45) is 0.359. The minimum atomic E-state index is -2.65. The molecule has 0 radical (unpaired) electrons. The molecular formula is C33H26NO3P. The highest BCUT2D eigenvalue weighted by molar-refractivity contribution is 7.96. The summed E-state index contributed by atoms with van der Waals surface area (Å²) in [6, 6.07) is 46.7. The number of carbonyl (C=O) groups excluding carboxylic acids is 1. The van der Waals surface area contributed by atoms with E-state index in [2.05, 4.69) is 36.4 Å². The summed E-state index contributed by atoms with van der Waals surface area (Å²) in [6.45, 7) is -2.65. The predicted molar refractivity (Wildman–Crippen MR) is 158 cm³/mol. The quantitative estimate of drug-likeness (QED) is 0.107. The molecule has 0 aliphatic heterocycles. The molecule has 0 N–H and O–H groups in total. The second-order valence-corrected chi connectivity index (χ2v) is 12.4. The van der Waals surface area contributed by atoms with Crippen LogP contribution in [0.1, 0.15) is 15.9 Å². The Morgan fingerprint density at radius 2 is 0.974 bits per heavy atom. The van der Waals surface area contributed by atoms with Gasteiger partial charge in [-0.3, -0.25) is 14.9 Å². The minimum absolute atomic E-state index is 0.0196. The van der Waals surface area contributed by atoms with Gasteiger partial charge in [0.15, 0.2) is 5.78 Å². The van der Waals surface area contributed by atoms with Crippen LogP contribution in [0.25, 0.3) is 0 Å². The van der Waals surface area contributed by atoms with Crippen molar-refractivity contribution in [3.8, 4) is 0 Å². The van der Waals surface area contributed by atoms with E-state index in [9.17, 15) is 14.9 Å². The molecule has 5 aromatic carbocycles. The molecule has 0 heterocycles. The van der Waals surface area contributed by atoms with Crippen molar-refractivity contribution in [2.45, 2.75) is 6.42 Å². The van der Waals surface area contributed by atoms with Crippen LogP contribution in [0.5, 0.6) is 0 Å². The number of ketones is 1. The lowest BCUT2D eigenvalue weighted by atomic mass is 10.0. The molecule has 0 saturated carbocycles.